The lowest BCUT2D eigenvalue weighted by Crippen LogP contribution is -2.39. The van der Waals surface area contributed by atoms with Crippen LogP contribution < -0.4 is 9.47 Å². The van der Waals surface area contributed by atoms with Gasteiger partial charge in [-0.3, -0.25) is 14.5 Å². The molecule has 2 aromatic carbocycles. The number of carbonyl (C=O) groups excluding carboxylic acids is 2. The first-order chi connectivity index (χ1) is 15.3. The minimum atomic E-state index is -0.605. The van der Waals surface area contributed by atoms with Crippen molar-refractivity contribution in [3.63, 3.8) is 0 Å². The molecule has 0 aliphatic carbocycles. The Labute approximate surface area is 196 Å². The summed E-state index contributed by atoms with van der Waals surface area (Å²) in [6.07, 6.45) is 1.63. The largest absolute Gasteiger partial charge is 0.490 e. The van der Waals surface area contributed by atoms with Gasteiger partial charge in [0.15, 0.2) is 11.5 Å². The Morgan fingerprint density at radius 3 is 2.47 bits per heavy atom. The van der Waals surface area contributed by atoms with Gasteiger partial charge in [0, 0.05) is 28.2 Å². The van der Waals surface area contributed by atoms with Crippen molar-refractivity contribution < 1.29 is 19.1 Å². The van der Waals surface area contributed by atoms with Gasteiger partial charge in [-0.25, -0.2) is 0 Å². The van der Waals surface area contributed by atoms with Gasteiger partial charge in [0.05, 0.1) is 6.61 Å². The molecule has 8 heteroatoms. The molecular formula is C24H20Cl2N2O4. The molecule has 2 amide bonds. The highest BCUT2D eigenvalue weighted by molar-refractivity contribution is 6.35. The highest BCUT2D eigenvalue weighted by atomic mass is 35.5. The number of imide groups is 1. The molecule has 2 aromatic rings. The second kappa shape index (κ2) is 9.90. The van der Waals surface area contributed by atoms with Crippen LogP contribution in [0.25, 0.3) is 6.08 Å². The first-order valence-corrected chi connectivity index (χ1v) is 10.5. The van der Waals surface area contributed by atoms with Gasteiger partial charge < -0.3 is 9.47 Å². The van der Waals surface area contributed by atoms with Gasteiger partial charge in [-0.05, 0) is 55.3 Å². The van der Waals surface area contributed by atoms with Crippen molar-refractivity contribution in [1.82, 2.24) is 4.90 Å². The number of carbonyl (C=O) groups is 2. The van der Waals surface area contributed by atoms with Crippen LogP contribution in [0.3, 0.4) is 0 Å². The lowest BCUT2D eigenvalue weighted by atomic mass is 9.94. The van der Waals surface area contributed by atoms with Crippen LogP contribution in [0.4, 0.5) is 0 Å². The zero-order valence-electron chi connectivity index (χ0n) is 17.7. The molecule has 0 fully saturated rings. The molecule has 0 bridgehead atoms. The molecule has 0 unspecified atom stereocenters. The van der Waals surface area contributed by atoms with E-state index in [1.54, 1.807) is 49.4 Å². The summed E-state index contributed by atoms with van der Waals surface area (Å²) in [5.74, 6) is -0.0806. The van der Waals surface area contributed by atoms with Crippen molar-refractivity contribution >= 4 is 41.1 Å². The van der Waals surface area contributed by atoms with Crippen molar-refractivity contribution in [3.8, 4) is 17.6 Å². The molecule has 32 heavy (non-hydrogen) atoms. The average molecular weight is 471 g/mol. The van der Waals surface area contributed by atoms with E-state index in [2.05, 4.69) is 0 Å². The molecule has 3 rings (SSSR count). The maximum absolute atomic E-state index is 12.6. The number of hydrogen-bond acceptors (Lipinski definition) is 5. The van der Waals surface area contributed by atoms with Crippen LogP contribution in [-0.4, -0.2) is 30.4 Å². The Morgan fingerprint density at radius 2 is 1.81 bits per heavy atom. The molecular weight excluding hydrogens is 451 g/mol. The van der Waals surface area contributed by atoms with E-state index in [9.17, 15) is 14.9 Å². The third kappa shape index (κ3) is 4.80. The second-order valence-electron chi connectivity index (χ2n) is 7.00. The van der Waals surface area contributed by atoms with E-state index in [-0.39, 0.29) is 17.8 Å². The third-order valence-corrected chi connectivity index (χ3v) is 5.51. The fourth-order valence-electron chi connectivity index (χ4n) is 3.16. The van der Waals surface area contributed by atoms with E-state index in [4.69, 9.17) is 32.7 Å². The zero-order valence-corrected chi connectivity index (χ0v) is 19.3. The Morgan fingerprint density at radius 1 is 1.06 bits per heavy atom. The number of halogens is 2. The van der Waals surface area contributed by atoms with Crippen LogP contribution in [0.15, 0.2) is 53.1 Å². The Balaban J connectivity index is 1.93. The minimum absolute atomic E-state index is 0.0526. The normalized spacial score (nSPS) is 15.2. The van der Waals surface area contributed by atoms with E-state index in [0.717, 1.165) is 10.5 Å². The lowest BCUT2D eigenvalue weighted by Gasteiger charge is -2.23. The van der Waals surface area contributed by atoms with E-state index in [1.807, 2.05) is 13.0 Å². The average Bonchev–Trinajstić information content (AvgIpc) is 2.76. The molecule has 0 radical (unpaired) electrons. The van der Waals surface area contributed by atoms with Crippen molar-refractivity contribution in [2.24, 2.45) is 0 Å². The van der Waals surface area contributed by atoms with E-state index in [0.29, 0.717) is 39.3 Å². The van der Waals surface area contributed by atoms with Gasteiger partial charge in [-0.2, -0.15) is 5.26 Å². The van der Waals surface area contributed by atoms with Gasteiger partial charge in [-0.1, -0.05) is 35.3 Å². The van der Waals surface area contributed by atoms with E-state index < -0.39 is 11.8 Å². The van der Waals surface area contributed by atoms with Gasteiger partial charge in [-0.15, -0.1) is 0 Å². The quantitative estimate of drug-likeness (QED) is 0.428. The number of rotatable bonds is 6. The van der Waals surface area contributed by atoms with Crippen LogP contribution in [-0.2, 0) is 16.2 Å². The predicted molar refractivity (Wildman–Crippen MR) is 122 cm³/mol. The van der Waals surface area contributed by atoms with Gasteiger partial charge in [0.2, 0.25) is 0 Å². The van der Waals surface area contributed by atoms with Gasteiger partial charge in [0.25, 0.3) is 11.8 Å². The lowest BCUT2D eigenvalue weighted by molar-refractivity contribution is -0.138. The molecule has 0 aromatic heterocycles. The number of ether oxygens (including phenoxy) is 2. The predicted octanol–water partition coefficient (Wildman–Crippen LogP) is 5.19. The van der Waals surface area contributed by atoms with Crippen LogP contribution in [0.5, 0.6) is 11.5 Å². The maximum atomic E-state index is 12.6. The number of benzene rings is 2. The molecule has 1 heterocycles. The molecule has 0 saturated carbocycles. The number of nitriles is 1. The standard InChI is InChI=1S/C24H20Cl2N2O4/c1-4-31-22-10-15(9-18-14(2)19(12-27)24(30)28(3)23(18)29)5-8-21(22)32-13-16-6-7-17(25)11-20(16)26/h5-11H,4,13H2,1-3H3/b18-9+. The van der Waals surface area contributed by atoms with Gasteiger partial charge >= 0.3 is 0 Å². The number of nitrogens with zero attached hydrogens (tertiary/aromatic N) is 2. The van der Waals surface area contributed by atoms with Crippen LogP contribution in [0.2, 0.25) is 10.0 Å². The van der Waals surface area contributed by atoms with Gasteiger partial charge in [0.1, 0.15) is 18.2 Å². The van der Waals surface area contributed by atoms with Crippen molar-refractivity contribution in [2.75, 3.05) is 13.7 Å². The number of amides is 2. The Kier molecular flexibility index (Phi) is 7.24. The van der Waals surface area contributed by atoms with Crippen molar-refractivity contribution in [1.29, 1.82) is 5.26 Å². The highest BCUT2D eigenvalue weighted by Gasteiger charge is 2.32. The fourth-order valence-corrected chi connectivity index (χ4v) is 3.62. The first kappa shape index (κ1) is 23.4. The van der Waals surface area contributed by atoms with E-state index in [1.165, 1.54) is 7.05 Å². The summed E-state index contributed by atoms with van der Waals surface area (Å²) in [6.45, 7) is 4.06. The molecule has 6 nitrogen and oxygen atoms in total. The zero-order chi connectivity index (χ0) is 23.4. The molecule has 0 saturated heterocycles. The number of likely N-dealkylation sites (N-methyl/N-ethyl adjacent to an activating group) is 1. The summed E-state index contributed by atoms with van der Waals surface area (Å²) in [7, 11) is 1.35. The Hall–Kier alpha value is -3.27. The summed E-state index contributed by atoms with van der Waals surface area (Å²) < 4.78 is 11.6. The smallest absolute Gasteiger partial charge is 0.271 e. The minimum Gasteiger partial charge on any atom is -0.490 e. The maximum Gasteiger partial charge on any atom is 0.271 e. The molecule has 0 spiro atoms. The summed E-state index contributed by atoms with van der Waals surface area (Å²) in [5.41, 5.74) is 2.00. The molecule has 1 aliphatic heterocycles. The third-order valence-electron chi connectivity index (χ3n) is 4.92. The SMILES string of the molecule is CCOc1cc(/C=C2/C(=O)N(C)C(=O)C(C#N)=C2C)ccc1OCc1ccc(Cl)cc1Cl. The number of hydrogen-bond donors (Lipinski definition) is 0. The fraction of sp³-hybridized carbons (Fsp3) is 0.208. The molecule has 0 atom stereocenters. The first-order valence-electron chi connectivity index (χ1n) is 9.75. The second-order valence-corrected chi connectivity index (χ2v) is 7.85. The summed E-state index contributed by atoms with van der Waals surface area (Å²) in [4.78, 5) is 25.7. The van der Waals surface area contributed by atoms with Crippen molar-refractivity contribution in [3.05, 3.63) is 74.3 Å². The van der Waals surface area contributed by atoms with Crippen LogP contribution in [0, 0.1) is 11.3 Å². The summed E-state index contributed by atoms with van der Waals surface area (Å²) in [5, 5.41) is 10.4. The highest BCUT2D eigenvalue weighted by Crippen LogP contribution is 2.33. The topological polar surface area (TPSA) is 79.6 Å². The Bertz CT molecular complexity index is 1190. The monoisotopic (exact) mass is 470 g/mol. The van der Waals surface area contributed by atoms with E-state index >= 15 is 0 Å². The molecule has 1 aliphatic rings. The summed E-state index contributed by atoms with van der Waals surface area (Å²) >= 11 is 12.1. The summed E-state index contributed by atoms with van der Waals surface area (Å²) in [6, 6.07) is 12.3. The van der Waals surface area contributed by atoms with Crippen LogP contribution in [0.1, 0.15) is 25.0 Å². The molecule has 164 valence electrons. The molecule has 0 N–H and O–H groups in total. The van der Waals surface area contributed by atoms with Crippen molar-refractivity contribution in [2.45, 2.75) is 20.5 Å². The van der Waals surface area contributed by atoms with Crippen LogP contribution >= 0.6 is 23.2 Å².